The first-order chi connectivity index (χ1) is 8.74. The van der Waals surface area contributed by atoms with E-state index in [4.69, 9.17) is 11.6 Å². The van der Waals surface area contributed by atoms with Gasteiger partial charge in [-0.2, -0.15) is 0 Å². The van der Waals surface area contributed by atoms with E-state index >= 15 is 0 Å². The van der Waals surface area contributed by atoms with Crippen LogP contribution in [0.5, 0.6) is 0 Å². The first-order valence-corrected chi connectivity index (χ1v) is 6.29. The van der Waals surface area contributed by atoms with Crippen LogP contribution in [0, 0.1) is 0 Å². The van der Waals surface area contributed by atoms with Gasteiger partial charge < -0.3 is 0 Å². The lowest BCUT2D eigenvalue weighted by atomic mass is 10.0. The van der Waals surface area contributed by atoms with E-state index in [1.54, 1.807) is 0 Å². The van der Waals surface area contributed by atoms with E-state index in [0.717, 1.165) is 10.6 Å². The van der Waals surface area contributed by atoms with Crippen LogP contribution in [0.15, 0.2) is 48.5 Å². The van der Waals surface area contributed by atoms with Gasteiger partial charge in [-0.05, 0) is 29.8 Å². The van der Waals surface area contributed by atoms with Crippen LogP contribution in [0.2, 0.25) is 5.02 Å². The zero-order valence-corrected chi connectivity index (χ0v) is 10.8. The molecular weight excluding hydrogens is 242 g/mol. The Morgan fingerprint density at radius 3 is 2.50 bits per heavy atom. The van der Waals surface area contributed by atoms with Crippen molar-refractivity contribution in [1.82, 2.24) is 0 Å². The van der Waals surface area contributed by atoms with Crippen molar-refractivity contribution in [3.63, 3.8) is 0 Å². The highest BCUT2D eigenvalue weighted by Crippen LogP contribution is 2.26. The molecule has 0 atom stereocenters. The van der Waals surface area contributed by atoms with Crippen LogP contribution in [-0.2, 0) is 0 Å². The summed E-state index contributed by atoms with van der Waals surface area (Å²) in [6, 6.07) is 16.2. The highest BCUT2D eigenvalue weighted by atomic mass is 35.5. The van der Waals surface area contributed by atoms with Crippen LogP contribution in [0.4, 0.5) is 5.69 Å². The summed E-state index contributed by atoms with van der Waals surface area (Å²) in [5, 5.41) is 0.766. The lowest BCUT2D eigenvalue weighted by Gasteiger charge is -1.98. The average molecular weight is 255 g/mol. The summed E-state index contributed by atoms with van der Waals surface area (Å²) in [6.07, 6.45) is 2.19. The second-order valence-electron chi connectivity index (χ2n) is 4.41. The highest BCUT2D eigenvalue weighted by molar-refractivity contribution is 6.30. The molecule has 0 aliphatic carbocycles. The van der Waals surface area contributed by atoms with Gasteiger partial charge in [-0.15, -0.1) is 0 Å². The number of benzene rings is 2. The number of rotatable bonds is 1. The first kappa shape index (κ1) is 11.2. The van der Waals surface area contributed by atoms with Gasteiger partial charge in [0.15, 0.2) is 5.71 Å². The van der Waals surface area contributed by atoms with E-state index in [-0.39, 0.29) is 0 Å². The summed E-state index contributed by atoms with van der Waals surface area (Å²) >= 11 is 5.90. The first-order valence-electron chi connectivity index (χ1n) is 5.92. The lowest BCUT2D eigenvalue weighted by Crippen LogP contribution is -2.62. The number of nitrogens with one attached hydrogen (secondary N) is 1. The second kappa shape index (κ2) is 4.43. The molecule has 1 aliphatic rings. The van der Waals surface area contributed by atoms with Crippen LogP contribution in [0.25, 0.3) is 11.6 Å². The number of halogens is 1. The molecule has 2 aromatic rings. The molecular formula is C16H13ClN+. The van der Waals surface area contributed by atoms with Crippen LogP contribution >= 0.6 is 11.6 Å². The average Bonchev–Trinajstić information content (AvgIpc) is 2.69. The minimum Gasteiger partial charge on any atom is -0.208 e. The zero-order chi connectivity index (χ0) is 12.5. The number of hydrogen-bond acceptors (Lipinski definition) is 0. The topological polar surface area (TPSA) is 14.0 Å². The summed E-state index contributed by atoms with van der Waals surface area (Å²) in [5.74, 6) is 0. The molecule has 0 bridgehead atoms. The number of para-hydroxylation sites is 1. The Kier molecular flexibility index (Phi) is 2.77. The van der Waals surface area contributed by atoms with Crippen molar-refractivity contribution < 1.29 is 4.99 Å². The van der Waals surface area contributed by atoms with Gasteiger partial charge in [0.25, 0.3) is 0 Å². The maximum absolute atomic E-state index is 5.90. The third-order valence-electron chi connectivity index (χ3n) is 3.12. The van der Waals surface area contributed by atoms with Crippen LogP contribution in [0.1, 0.15) is 18.1 Å². The van der Waals surface area contributed by atoms with E-state index in [1.165, 1.54) is 22.5 Å². The fourth-order valence-corrected chi connectivity index (χ4v) is 2.34. The van der Waals surface area contributed by atoms with Crippen molar-refractivity contribution in [2.24, 2.45) is 0 Å². The smallest absolute Gasteiger partial charge is 0.208 e. The van der Waals surface area contributed by atoms with Gasteiger partial charge in [-0.1, -0.05) is 35.9 Å². The molecule has 0 radical (unpaired) electrons. The van der Waals surface area contributed by atoms with Crippen molar-refractivity contribution >= 4 is 34.6 Å². The zero-order valence-electron chi connectivity index (χ0n) is 10.1. The molecule has 1 N–H and O–H groups in total. The van der Waals surface area contributed by atoms with E-state index < -0.39 is 0 Å². The highest BCUT2D eigenvalue weighted by Gasteiger charge is 2.23. The molecule has 0 aromatic heterocycles. The van der Waals surface area contributed by atoms with E-state index in [2.05, 4.69) is 36.2 Å². The molecule has 1 heterocycles. The molecule has 18 heavy (non-hydrogen) atoms. The summed E-state index contributed by atoms with van der Waals surface area (Å²) < 4.78 is 0. The number of allylic oxidation sites excluding steroid dienone is 1. The summed E-state index contributed by atoms with van der Waals surface area (Å²) in [4.78, 5) is 3.40. The van der Waals surface area contributed by atoms with Gasteiger partial charge in [-0.3, -0.25) is 0 Å². The molecule has 0 unspecified atom stereocenters. The molecule has 88 valence electrons. The molecule has 0 fully saturated rings. The molecule has 0 saturated carbocycles. The predicted molar refractivity (Wildman–Crippen MR) is 77.1 cm³/mol. The summed E-state index contributed by atoms with van der Waals surface area (Å²) in [7, 11) is 0. The monoisotopic (exact) mass is 254 g/mol. The Labute approximate surface area is 111 Å². The molecule has 2 aromatic carbocycles. The molecule has 1 aliphatic heterocycles. The largest absolute Gasteiger partial charge is 0.211 e. The molecule has 1 nitrogen and oxygen atoms in total. The normalized spacial score (nSPS) is 15.7. The standard InChI is InChI=1S/C16H12ClN/c1-11-15(10-12-6-8-13(17)9-7-12)14-4-2-3-5-16(14)18-11/h2-10H,1H3/p+1/b15-10+. The Balaban J connectivity index is 2.07. The summed E-state index contributed by atoms with van der Waals surface area (Å²) in [6.45, 7) is 2.10. The Morgan fingerprint density at radius 1 is 1.00 bits per heavy atom. The second-order valence-corrected chi connectivity index (χ2v) is 4.84. The van der Waals surface area contributed by atoms with Crippen molar-refractivity contribution in [2.75, 3.05) is 0 Å². The van der Waals surface area contributed by atoms with Crippen molar-refractivity contribution in [3.8, 4) is 0 Å². The number of fused-ring (bicyclic) bond motifs is 1. The lowest BCUT2D eigenvalue weighted by molar-refractivity contribution is -0.349. The van der Waals surface area contributed by atoms with Crippen molar-refractivity contribution in [1.29, 1.82) is 0 Å². The van der Waals surface area contributed by atoms with Gasteiger partial charge in [0.1, 0.15) is 0 Å². The SMILES string of the molecule is CC1=[NH+]c2ccccc2/C1=C/c1ccc(Cl)cc1. The molecule has 0 saturated heterocycles. The minimum absolute atomic E-state index is 0.766. The van der Waals surface area contributed by atoms with E-state index in [1.807, 2.05) is 30.3 Å². The maximum atomic E-state index is 5.90. The summed E-state index contributed by atoms with van der Waals surface area (Å²) in [5.41, 5.74) is 6.02. The predicted octanol–water partition coefficient (Wildman–Crippen LogP) is 3.07. The van der Waals surface area contributed by atoms with Gasteiger partial charge in [0.05, 0.1) is 11.1 Å². The van der Waals surface area contributed by atoms with Crippen LogP contribution in [-0.4, -0.2) is 5.71 Å². The van der Waals surface area contributed by atoms with Crippen LogP contribution in [0.3, 0.4) is 0 Å². The Morgan fingerprint density at radius 2 is 1.72 bits per heavy atom. The molecule has 0 spiro atoms. The molecule has 2 heteroatoms. The van der Waals surface area contributed by atoms with Crippen molar-refractivity contribution in [2.45, 2.75) is 6.92 Å². The van der Waals surface area contributed by atoms with Gasteiger partial charge in [-0.25, -0.2) is 4.99 Å². The Hall–Kier alpha value is -1.86. The Bertz CT molecular complexity index is 651. The van der Waals surface area contributed by atoms with E-state index in [0.29, 0.717) is 0 Å². The van der Waals surface area contributed by atoms with E-state index in [9.17, 15) is 0 Å². The quantitative estimate of drug-likeness (QED) is 0.804. The third kappa shape index (κ3) is 1.98. The van der Waals surface area contributed by atoms with Gasteiger partial charge in [0, 0.05) is 18.0 Å². The molecule has 0 amide bonds. The minimum atomic E-state index is 0.766. The fraction of sp³-hybridized carbons (Fsp3) is 0.0625. The molecule has 3 rings (SSSR count). The fourth-order valence-electron chi connectivity index (χ4n) is 2.21. The van der Waals surface area contributed by atoms with Gasteiger partial charge >= 0.3 is 0 Å². The van der Waals surface area contributed by atoms with Crippen LogP contribution < -0.4 is 4.99 Å². The maximum Gasteiger partial charge on any atom is 0.211 e. The van der Waals surface area contributed by atoms with Crippen molar-refractivity contribution in [3.05, 3.63) is 64.7 Å². The number of hydrogen-bond donors (Lipinski definition) is 1. The third-order valence-corrected chi connectivity index (χ3v) is 3.38. The van der Waals surface area contributed by atoms with Gasteiger partial charge in [0.2, 0.25) is 5.69 Å².